The molecule has 0 rings (SSSR count). The van der Waals surface area contributed by atoms with Gasteiger partial charge in [-0.1, -0.05) is 25.1 Å². The van der Waals surface area contributed by atoms with Crippen molar-refractivity contribution in [2.45, 2.75) is 13.3 Å². The van der Waals surface area contributed by atoms with Crippen molar-refractivity contribution < 1.29 is 0 Å². The maximum absolute atomic E-state index is 5.56. The van der Waals surface area contributed by atoms with Crippen LogP contribution < -0.4 is 0 Å². The second-order valence-corrected chi connectivity index (χ2v) is 2.66. The monoisotopic (exact) mass is 143 g/mol. The van der Waals surface area contributed by atoms with E-state index >= 15 is 0 Å². The van der Waals surface area contributed by atoms with Crippen LogP contribution in [0.5, 0.6) is 0 Å². The molecule has 0 bridgehead atoms. The van der Waals surface area contributed by atoms with Gasteiger partial charge in [0.25, 0.3) is 0 Å². The smallest absolute Gasteiger partial charge is 0.0112 e. The van der Waals surface area contributed by atoms with Crippen molar-refractivity contribution in [1.82, 2.24) is 0 Å². The van der Waals surface area contributed by atoms with E-state index < -0.39 is 0 Å². The van der Waals surface area contributed by atoms with Crippen LogP contribution in [0.3, 0.4) is 0 Å². The first-order valence-electron chi connectivity index (χ1n) is 2.96. The molecule has 0 fully saturated rings. The van der Waals surface area contributed by atoms with Crippen LogP contribution in [0, 0.1) is 25.7 Å². The van der Waals surface area contributed by atoms with Crippen LogP contribution in [0.25, 0.3) is 0 Å². The van der Waals surface area contributed by atoms with E-state index in [1.165, 1.54) is 0 Å². The van der Waals surface area contributed by atoms with Gasteiger partial charge in [0.15, 0.2) is 0 Å². The molecule has 0 nitrogen and oxygen atoms in total. The molecule has 1 atom stereocenters. The summed E-state index contributed by atoms with van der Waals surface area (Å²) in [5, 5.41) is 0.709. The Morgan fingerprint density at radius 1 is 1.78 bits per heavy atom. The van der Waals surface area contributed by atoms with Crippen molar-refractivity contribution in [3.63, 3.8) is 0 Å². The molecule has 9 heavy (non-hydrogen) atoms. The summed E-state index contributed by atoms with van der Waals surface area (Å²) >= 11 is 5.56. The normalized spacial score (nSPS) is 13.2. The predicted molar refractivity (Wildman–Crippen MR) is 42.7 cm³/mol. The van der Waals surface area contributed by atoms with Crippen LogP contribution in [-0.4, -0.2) is 0 Å². The predicted octanol–water partition coefficient (Wildman–Crippen LogP) is 3.01. The van der Waals surface area contributed by atoms with Crippen molar-refractivity contribution in [1.29, 1.82) is 0 Å². The highest BCUT2D eigenvalue weighted by atomic mass is 35.5. The van der Waals surface area contributed by atoms with E-state index in [4.69, 9.17) is 11.6 Å². The highest BCUT2D eigenvalue weighted by Crippen LogP contribution is 2.15. The summed E-state index contributed by atoms with van der Waals surface area (Å²) in [7, 11) is 0. The molecule has 1 heteroatoms. The third-order valence-electron chi connectivity index (χ3n) is 1.01. The molecule has 0 aliphatic carbocycles. The summed E-state index contributed by atoms with van der Waals surface area (Å²) in [6.07, 6.45) is 4.63. The van der Waals surface area contributed by atoms with Crippen LogP contribution in [0.15, 0.2) is 11.6 Å². The molecule has 0 aromatic heterocycles. The average Bonchev–Trinajstić information content (AvgIpc) is 1.63. The molecule has 3 radical (unpaired) electrons. The van der Waals surface area contributed by atoms with Crippen LogP contribution in [0.4, 0.5) is 0 Å². The van der Waals surface area contributed by atoms with E-state index in [1.54, 1.807) is 6.42 Å². The Labute approximate surface area is 62.9 Å². The maximum Gasteiger partial charge on any atom is 0.0112 e. The fraction of sp³-hybridized carbons (Fsp3) is 0.375. The molecule has 0 N–H and O–H groups in total. The van der Waals surface area contributed by atoms with Gasteiger partial charge in [-0.2, -0.15) is 0 Å². The third kappa shape index (κ3) is 5.91. The van der Waals surface area contributed by atoms with Crippen LogP contribution in [0.2, 0.25) is 0 Å². The van der Waals surface area contributed by atoms with Gasteiger partial charge in [-0.15, -0.1) is 0 Å². The molecular weight excluding hydrogens is 132 g/mol. The fourth-order valence-corrected chi connectivity index (χ4v) is 0.893. The van der Waals surface area contributed by atoms with Gasteiger partial charge in [-0.25, -0.2) is 0 Å². The van der Waals surface area contributed by atoms with Gasteiger partial charge in [0.05, 0.1) is 0 Å². The van der Waals surface area contributed by atoms with E-state index in [9.17, 15) is 0 Å². The number of rotatable bonds is 4. The Bertz CT molecular complexity index is 86.6. The van der Waals surface area contributed by atoms with Crippen LogP contribution in [0.1, 0.15) is 13.3 Å². The van der Waals surface area contributed by atoms with Crippen LogP contribution in [-0.2, 0) is 0 Å². The molecule has 0 heterocycles. The zero-order chi connectivity index (χ0) is 7.28. The quantitative estimate of drug-likeness (QED) is 0.568. The highest BCUT2D eigenvalue weighted by Gasteiger charge is 2.00. The van der Waals surface area contributed by atoms with Crippen LogP contribution >= 0.6 is 11.6 Å². The standard InChI is InChI=1S/C8H12Cl/c1-4-5-7(2)6-8(3)9/h4-5,7H,1,3,6H2,2H3. The number of halogens is 1. The van der Waals surface area contributed by atoms with Gasteiger partial charge in [0.1, 0.15) is 0 Å². The number of hydrogen-bond acceptors (Lipinski definition) is 0. The molecular formula is C8H12Cl. The van der Waals surface area contributed by atoms with Crippen molar-refractivity contribution in [3.8, 4) is 0 Å². The summed E-state index contributed by atoms with van der Waals surface area (Å²) in [6, 6.07) is 0. The van der Waals surface area contributed by atoms with E-state index in [0.717, 1.165) is 6.42 Å². The highest BCUT2D eigenvalue weighted by molar-refractivity contribution is 6.29. The van der Waals surface area contributed by atoms with Gasteiger partial charge in [-0.3, -0.25) is 0 Å². The Balaban J connectivity index is 3.26. The number of hydrogen-bond donors (Lipinski definition) is 0. The van der Waals surface area contributed by atoms with Gasteiger partial charge in [-0.05, 0) is 32.1 Å². The van der Waals surface area contributed by atoms with Gasteiger partial charge >= 0.3 is 0 Å². The van der Waals surface area contributed by atoms with E-state index in [-0.39, 0.29) is 0 Å². The third-order valence-corrected chi connectivity index (χ3v) is 1.16. The lowest BCUT2D eigenvalue weighted by Gasteiger charge is -2.05. The first-order valence-corrected chi connectivity index (χ1v) is 3.33. The first kappa shape index (κ1) is 9.03. The van der Waals surface area contributed by atoms with Crippen molar-refractivity contribution in [2.24, 2.45) is 5.92 Å². The summed E-state index contributed by atoms with van der Waals surface area (Å²) in [5.41, 5.74) is 0. The second-order valence-electron chi connectivity index (χ2n) is 2.13. The molecule has 1 unspecified atom stereocenters. The minimum atomic E-state index is 0.465. The molecule has 51 valence electrons. The van der Waals surface area contributed by atoms with Gasteiger partial charge in [0, 0.05) is 5.03 Å². The molecule has 0 aliphatic heterocycles. The second kappa shape index (κ2) is 4.87. The molecule has 0 amide bonds. The summed E-state index contributed by atoms with van der Waals surface area (Å²) in [4.78, 5) is 0. The first-order chi connectivity index (χ1) is 4.16. The largest absolute Gasteiger partial charge is 0.0898 e. The minimum absolute atomic E-state index is 0.465. The topological polar surface area (TPSA) is 0 Å². The van der Waals surface area contributed by atoms with Gasteiger partial charge in [0.2, 0.25) is 0 Å². The Kier molecular flexibility index (Phi) is 4.88. The van der Waals surface area contributed by atoms with E-state index in [1.807, 2.05) is 6.42 Å². The van der Waals surface area contributed by atoms with Crippen molar-refractivity contribution >= 4 is 11.6 Å². The average molecular weight is 144 g/mol. The van der Waals surface area contributed by atoms with E-state index in [0.29, 0.717) is 11.0 Å². The Morgan fingerprint density at radius 2 is 2.33 bits per heavy atom. The summed E-state index contributed by atoms with van der Waals surface area (Å²) < 4.78 is 0. The molecule has 0 aromatic carbocycles. The number of allylic oxidation sites excluding steroid dienone is 1. The summed E-state index contributed by atoms with van der Waals surface area (Å²) in [6.45, 7) is 9.25. The fourth-order valence-electron chi connectivity index (χ4n) is 0.650. The molecule has 0 spiro atoms. The molecule has 0 saturated carbocycles. The maximum atomic E-state index is 5.56. The molecule has 0 saturated heterocycles. The molecule has 0 aromatic rings. The van der Waals surface area contributed by atoms with E-state index in [2.05, 4.69) is 20.4 Å². The van der Waals surface area contributed by atoms with Crippen molar-refractivity contribution in [3.05, 3.63) is 31.4 Å². The SMILES string of the molecule is [CH2][CH][CH]C(C)CC(=C)Cl. The van der Waals surface area contributed by atoms with Gasteiger partial charge < -0.3 is 0 Å². The lowest BCUT2D eigenvalue weighted by Crippen LogP contribution is -1.93. The lowest BCUT2D eigenvalue weighted by molar-refractivity contribution is 0.692. The molecule has 0 aliphatic rings. The van der Waals surface area contributed by atoms with Crippen molar-refractivity contribution in [2.75, 3.05) is 0 Å². The zero-order valence-corrected chi connectivity index (χ0v) is 6.49. The zero-order valence-electron chi connectivity index (χ0n) is 5.73. The summed E-state index contributed by atoms with van der Waals surface area (Å²) in [5.74, 6) is 0.465. The minimum Gasteiger partial charge on any atom is -0.0898 e. The lowest BCUT2D eigenvalue weighted by atomic mass is 10.0. The Hall–Kier alpha value is 0.0300. The Morgan fingerprint density at radius 3 is 2.67 bits per heavy atom.